The average Bonchev–Trinajstić information content (AvgIpc) is 3.43. The van der Waals surface area contributed by atoms with E-state index in [1.54, 1.807) is 38.3 Å². The predicted octanol–water partition coefficient (Wildman–Crippen LogP) is 6.23. The Labute approximate surface area is 231 Å². The highest BCUT2D eigenvalue weighted by molar-refractivity contribution is 9.10. The lowest BCUT2D eigenvalue weighted by atomic mass is 9.86. The van der Waals surface area contributed by atoms with Crippen molar-refractivity contribution in [3.63, 3.8) is 0 Å². The zero-order chi connectivity index (χ0) is 26.4. The maximum absolute atomic E-state index is 13.5. The number of hydrogen-bond acceptors (Lipinski definition) is 7. The van der Waals surface area contributed by atoms with Gasteiger partial charge < -0.3 is 20.7 Å². The Bertz CT molecular complexity index is 1410. The van der Waals surface area contributed by atoms with E-state index in [1.807, 2.05) is 41.8 Å². The van der Waals surface area contributed by atoms with Gasteiger partial charge in [0.15, 0.2) is 0 Å². The average molecular weight is 596 g/mol. The van der Waals surface area contributed by atoms with E-state index in [-0.39, 0.29) is 17.6 Å². The Morgan fingerprint density at radius 3 is 2.57 bits per heavy atom. The van der Waals surface area contributed by atoms with E-state index in [0.717, 1.165) is 9.35 Å². The molecule has 2 amide bonds. The normalized spacial score (nSPS) is 15.0. The second kappa shape index (κ2) is 12.1. The number of halogens is 1. The smallest absolute Gasteiger partial charge is 0.254 e. The number of nitrogens with zero attached hydrogens (tertiary/aromatic N) is 1. The molecular weight excluding hydrogens is 572 g/mol. The van der Waals surface area contributed by atoms with Crippen molar-refractivity contribution in [3.05, 3.63) is 97.3 Å². The molecule has 0 saturated carbocycles. The molecule has 0 bridgehead atoms. The molecule has 0 aliphatic carbocycles. The number of benzene rings is 2. The number of methoxy groups -OCH3 is 1. The Morgan fingerprint density at radius 2 is 1.89 bits per heavy atom. The second-order valence-corrected chi connectivity index (χ2v) is 10.8. The minimum Gasteiger partial charge on any atom is -0.495 e. The lowest BCUT2D eigenvalue weighted by Gasteiger charge is -2.29. The third-order valence-electron chi connectivity index (χ3n) is 5.55. The zero-order valence-electron chi connectivity index (χ0n) is 20.0. The summed E-state index contributed by atoms with van der Waals surface area (Å²) in [5.41, 5.74) is 2.66. The molecule has 1 aromatic heterocycles. The van der Waals surface area contributed by atoms with E-state index in [4.69, 9.17) is 4.74 Å². The SMILES string of the molecule is COc1ccccc1NC(=O)C1=C(C)NC(SCC(=O)Nc2ccc(Br)cc2)=C(C#N)C1c1cccs1. The molecule has 0 radical (unpaired) electrons. The van der Waals surface area contributed by atoms with Gasteiger partial charge in [0.25, 0.3) is 5.91 Å². The zero-order valence-corrected chi connectivity index (χ0v) is 23.2. The van der Waals surface area contributed by atoms with Crippen molar-refractivity contribution in [1.82, 2.24) is 5.32 Å². The molecule has 2 aromatic carbocycles. The molecule has 1 unspecified atom stereocenters. The standard InChI is InChI=1S/C27H23BrN4O3S2/c1-16-24(26(34)32-20-6-3-4-7-21(20)35-2)25(22-8-5-13-36-22)19(14-29)27(30-16)37-15-23(33)31-18-11-9-17(28)10-12-18/h3-13,25,30H,15H2,1-2H3,(H,31,33)(H,32,34). The first-order valence-electron chi connectivity index (χ1n) is 11.2. The van der Waals surface area contributed by atoms with E-state index in [1.165, 1.54) is 23.1 Å². The van der Waals surface area contributed by atoms with Crippen LogP contribution < -0.4 is 20.7 Å². The molecule has 1 aliphatic rings. The van der Waals surface area contributed by atoms with Crippen molar-refractivity contribution in [2.75, 3.05) is 23.5 Å². The molecule has 3 aromatic rings. The van der Waals surface area contributed by atoms with Gasteiger partial charge in [-0.25, -0.2) is 0 Å². The van der Waals surface area contributed by atoms with Crippen molar-refractivity contribution in [2.45, 2.75) is 12.8 Å². The van der Waals surface area contributed by atoms with Crippen molar-refractivity contribution >= 4 is 62.2 Å². The lowest BCUT2D eigenvalue weighted by Crippen LogP contribution is -2.31. The van der Waals surface area contributed by atoms with Gasteiger partial charge >= 0.3 is 0 Å². The molecule has 0 fully saturated rings. The molecule has 1 aliphatic heterocycles. The molecule has 10 heteroatoms. The first-order valence-corrected chi connectivity index (χ1v) is 13.8. The maximum atomic E-state index is 13.5. The van der Waals surface area contributed by atoms with Gasteiger partial charge in [0.1, 0.15) is 5.75 Å². The van der Waals surface area contributed by atoms with Gasteiger partial charge in [0, 0.05) is 26.3 Å². The van der Waals surface area contributed by atoms with Crippen LogP contribution >= 0.6 is 39.0 Å². The van der Waals surface area contributed by atoms with Gasteiger partial charge in [-0.15, -0.1) is 11.3 Å². The second-order valence-electron chi connectivity index (χ2n) is 7.96. The van der Waals surface area contributed by atoms with E-state index >= 15 is 0 Å². The molecule has 0 saturated heterocycles. The van der Waals surface area contributed by atoms with Crippen LogP contribution in [0.4, 0.5) is 11.4 Å². The van der Waals surface area contributed by atoms with Crippen molar-refractivity contribution in [3.8, 4) is 11.8 Å². The number of allylic oxidation sites excluding steroid dienone is 2. The Balaban J connectivity index is 1.59. The molecule has 0 spiro atoms. The summed E-state index contributed by atoms with van der Waals surface area (Å²) in [6.07, 6.45) is 0. The maximum Gasteiger partial charge on any atom is 0.254 e. The number of carbonyl (C=O) groups excluding carboxylic acids is 2. The van der Waals surface area contributed by atoms with Crippen molar-refractivity contribution in [1.29, 1.82) is 5.26 Å². The quantitative estimate of drug-likeness (QED) is 0.286. The Hall–Kier alpha value is -3.52. The largest absolute Gasteiger partial charge is 0.495 e. The number of nitriles is 1. The number of thioether (sulfide) groups is 1. The highest BCUT2D eigenvalue weighted by Crippen LogP contribution is 2.42. The van der Waals surface area contributed by atoms with E-state index < -0.39 is 5.92 Å². The number of hydrogen-bond donors (Lipinski definition) is 3. The van der Waals surface area contributed by atoms with Gasteiger partial charge in [-0.05, 0) is 54.8 Å². The number of rotatable bonds is 8. The predicted molar refractivity (Wildman–Crippen MR) is 152 cm³/mol. The number of ether oxygens (including phenoxy) is 1. The molecule has 7 nitrogen and oxygen atoms in total. The van der Waals surface area contributed by atoms with Crippen LogP contribution in [-0.4, -0.2) is 24.7 Å². The van der Waals surface area contributed by atoms with Crippen LogP contribution in [0, 0.1) is 11.3 Å². The Kier molecular flexibility index (Phi) is 8.71. The molecule has 188 valence electrons. The van der Waals surface area contributed by atoms with Crippen LogP contribution in [0.15, 0.2) is 92.4 Å². The summed E-state index contributed by atoms with van der Waals surface area (Å²) in [6.45, 7) is 1.80. The fourth-order valence-electron chi connectivity index (χ4n) is 3.87. The minimum absolute atomic E-state index is 0.0940. The van der Waals surface area contributed by atoms with Gasteiger partial charge in [-0.1, -0.05) is 45.9 Å². The molecule has 4 rings (SSSR count). The van der Waals surface area contributed by atoms with Crippen LogP contribution in [0.1, 0.15) is 17.7 Å². The van der Waals surface area contributed by atoms with Crippen LogP contribution in [0.3, 0.4) is 0 Å². The minimum atomic E-state index is -0.571. The fourth-order valence-corrected chi connectivity index (χ4v) is 5.87. The summed E-state index contributed by atoms with van der Waals surface area (Å²) in [5, 5.41) is 21.6. The van der Waals surface area contributed by atoms with Gasteiger partial charge in [0.2, 0.25) is 5.91 Å². The molecule has 37 heavy (non-hydrogen) atoms. The summed E-state index contributed by atoms with van der Waals surface area (Å²) >= 11 is 6.08. The van der Waals surface area contributed by atoms with Crippen LogP contribution in [0.25, 0.3) is 0 Å². The highest BCUT2D eigenvalue weighted by atomic mass is 79.9. The highest BCUT2D eigenvalue weighted by Gasteiger charge is 2.35. The topological polar surface area (TPSA) is 103 Å². The monoisotopic (exact) mass is 594 g/mol. The number of anilines is 2. The Morgan fingerprint density at radius 1 is 1.14 bits per heavy atom. The van der Waals surface area contributed by atoms with Crippen molar-refractivity contribution < 1.29 is 14.3 Å². The van der Waals surface area contributed by atoms with Crippen LogP contribution in [-0.2, 0) is 9.59 Å². The first kappa shape index (κ1) is 26.5. The van der Waals surface area contributed by atoms with E-state index in [9.17, 15) is 14.9 Å². The summed E-state index contributed by atoms with van der Waals surface area (Å²) in [7, 11) is 1.54. The van der Waals surface area contributed by atoms with Crippen LogP contribution in [0.2, 0.25) is 0 Å². The van der Waals surface area contributed by atoms with E-state index in [2.05, 4.69) is 37.9 Å². The first-order chi connectivity index (χ1) is 17.9. The molecule has 3 N–H and O–H groups in total. The number of carbonyl (C=O) groups is 2. The number of para-hydroxylation sites is 2. The number of dihydropyridines is 1. The third kappa shape index (κ3) is 6.25. The third-order valence-corrected chi connectivity index (χ3v) is 8.03. The number of thiophene rings is 1. The number of amides is 2. The van der Waals surface area contributed by atoms with Crippen molar-refractivity contribution in [2.24, 2.45) is 0 Å². The summed E-state index contributed by atoms with van der Waals surface area (Å²) in [6, 6.07) is 20.5. The summed E-state index contributed by atoms with van der Waals surface area (Å²) in [5.74, 6) is -0.477. The molecular formula is C27H23BrN4O3S2. The van der Waals surface area contributed by atoms with E-state index in [0.29, 0.717) is 39.0 Å². The molecule has 2 heterocycles. The summed E-state index contributed by atoms with van der Waals surface area (Å²) < 4.78 is 6.29. The lowest BCUT2D eigenvalue weighted by molar-refractivity contribution is -0.114. The van der Waals surface area contributed by atoms with Gasteiger partial charge in [-0.2, -0.15) is 5.26 Å². The van der Waals surface area contributed by atoms with Gasteiger partial charge in [0.05, 0.1) is 41.1 Å². The van der Waals surface area contributed by atoms with Crippen LogP contribution in [0.5, 0.6) is 5.75 Å². The van der Waals surface area contributed by atoms with Gasteiger partial charge in [-0.3, -0.25) is 9.59 Å². The molecule has 1 atom stereocenters. The fraction of sp³-hybridized carbons (Fsp3) is 0.148. The summed E-state index contributed by atoms with van der Waals surface area (Å²) in [4.78, 5) is 27.0. The number of nitrogens with one attached hydrogen (secondary N) is 3.